The molecule has 0 bridgehead atoms. The highest BCUT2D eigenvalue weighted by atomic mass is 16.3. The Morgan fingerprint density at radius 2 is 1.60 bits per heavy atom. The lowest BCUT2D eigenvalue weighted by Crippen LogP contribution is -2.41. The van der Waals surface area contributed by atoms with Crippen molar-refractivity contribution in [3.05, 3.63) is 76.9 Å². The smallest absolute Gasteiger partial charge is 0.194 e. The van der Waals surface area contributed by atoms with Crippen molar-refractivity contribution in [3.63, 3.8) is 0 Å². The standard InChI is InChI=1S/C22H18N2O/c23-13-22(14-24)20(25)12-19(15-6-2-1-3-7-15)18-11-10-16-8-4-5-9-17(16)21(18)22/h1-9,19-20,25H,10-12H2/t19-,20-/m0/s1. The van der Waals surface area contributed by atoms with E-state index in [0.29, 0.717) is 6.42 Å². The van der Waals surface area contributed by atoms with Crippen LogP contribution in [-0.4, -0.2) is 11.2 Å². The molecule has 3 nitrogen and oxygen atoms in total. The van der Waals surface area contributed by atoms with E-state index >= 15 is 0 Å². The Balaban J connectivity index is 2.01. The van der Waals surface area contributed by atoms with Gasteiger partial charge in [-0.05, 0) is 41.5 Å². The minimum Gasteiger partial charge on any atom is -0.390 e. The first-order chi connectivity index (χ1) is 12.2. The maximum atomic E-state index is 10.8. The van der Waals surface area contributed by atoms with Crippen molar-refractivity contribution in [1.82, 2.24) is 0 Å². The van der Waals surface area contributed by atoms with E-state index in [0.717, 1.165) is 40.7 Å². The van der Waals surface area contributed by atoms with Gasteiger partial charge in [0, 0.05) is 5.92 Å². The van der Waals surface area contributed by atoms with Crippen LogP contribution in [0.2, 0.25) is 0 Å². The molecule has 2 aromatic carbocycles. The van der Waals surface area contributed by atoms with Gasteiger partial charge in [-0.1, -0.05) is 60.2 Å². The molecule has 0 saturated heterocycles. The molecular formula is C22H18N2O. The van der Waals surface area contributed by atoms with Crippen LogP contribution >= 0.6 is 0 Å². The Hall–Kier alpha value is -2.88. The van der Waals surface area contributed by atoms with E-state index in [-0.39, 0.29) is 5.92 Å². The molecule has 2 aliphatic rings. The molecule has 25 heavy (non-hydrogen) atoms. The molecule has 2 aliphatic carbocycles. The first-order valence-electron chi connectivity index (χ1n) is 8.58. The molecule has 0 saturated carbocycles. The van der Waals surface area contributed by atoms with Gasteiger partial charge in [0.05, 0.1) is 18.2 Å². The van der Waals surface area contributed by atoms with Gasteiger partial charge in [0.2, 0.25) is 0 Å². The number of hydrogen-bond acceptors (Lipinski definition) is 3. The third kappa shape index (κ3) is 2.21. The summed E-state index contributed by atoms with van der Waals surface area (Å²) in [5.74, 6) is 0.0504. The lowest BCUT2D eigenvalue weighted by Gasteiger charge is -2.42. The SMILES string of the molecule is N#CC1(C#N)C2=C(CCc3ccccc32)[C@H](c2ccccc2)C[C@@H]1O. The zero-order chi connectivity index (χ0) is 17.4. The summed E-state index contributed by atoms with van der Waals surface area (Å²) in [6.45, 7) is 0. The van der Waals surface area contributed by atoms with Gasteiger partial charge in [-0.15, -0.1) is 0 Å². The summed E-state index contributed by atoms with van der Waals surface area (Å²) in [6, 6.07) is 22.4. The lowest BCUT2D eigenvalue weighted by atomic mass is 9.60. The molecule has 2 aromatic rings. The zero-order valence-electron chi connectivity index (χ0n) is 13.8. The molecule has 3 heteroatoms. The van der Waals surface area contributed by atoms with Gasteiger partial charge in [-0.3, -0.25) is 0 Å². The second-order valence-corrected chi connectivity index (χ2v) is 6.80. The number of nitrogens with zero attached hydrogens (tertiary/aromatic N) is 2. The third-order valence-electron chi connectivity index (χ3n) is 5.60. The number of nitriles is 2. The van der Waals surface area contributed by atoms with Crippen LogP contribution in [0.4, 0.5) is 0 Å². The molecular weight excluding hydrogens is 308 g/mol. The highest BCUT2D eigenvalue weighted by molar-refractivity contribution is 5.84. The summed E-state index contributed by atoms with van der Waals surface area (Å²) in [4.78, 5) is 0. The molecule has 0 amide bonds. The topological polar surface area (TPSA) is 67.8 Å². The predicted octanol–water partition coefficient (Wildman–Crippen LogP) is 3.97. The summed E-state index contributed by atoms with van der Waals surface area (Å²) in [5, 5.41) is 30.6. The van der Waals surface area contributed by atoms with Crippen molar-refractivity contribution in [2.24, 2.45) is 5.41 Å². The average Bonchev–Trinajstić information content (AvgIpc) is 2.68. The summed E-state index contributed by atoms with van der Waals surface area (Å²) in [6.07, 6.45) is 1.13. The Kier molecular flexibility index (Phi) is 3.68. The summed E-state index contributed by atoms with van der Waals surface area (Å²) in [5.41, 5.74) is 3.63. The fourth-order valence-corrected chi connectivity index (χ4v) is 4.38. The number of rotatable bonds is 1. The largest absolute Gasteiger partial charge is 0.390 e. The van der Waals surface area contributed by atoms with Gasteiger partial charge in [0.1, 0.15) is 0 Å². The highest BCUT2D eigenvalue weighted by Gasteiger charge is 2.51. The van der Waals surface area contributed by atoms with E-state index in [9.17, 15) is 15.6 Å². The van der Waals surface area contributed by atoms with E-state index in [1.165, 1.54) is 0 Å². The maximum Gasteiger partial charge on any atom is 0.194 e. The van der Waals surface area contributed by atoms with E-state index in [4.69, 9.17) is 0 Å². The van der Waals surface area contributed by atoms with Crippen molar-refractivity contribution < 1.29 is 5.11 Å². The first-order valence-corrected chi connectivity index (χ1v) is 8.58. The number of aliphatic hydroxyl groups excluding tert-OH is 1. The molecule has 0 heterocycles. The number of benzene rings is 2. The zero-order valence-corrected chi connectivity index (χ0v) is 13.8. The Morgan fingerprint density at radius 3 is 2.32 bits per heavy atom. The number of fused-ring (bicyclic) bond motifs is 2. The van der Waals surface area contributed by atoms with Gasteiger partial charge in [-0.25, -0.2) is 0 Å². The van der Waals surface area contributed by atoms with Gasteiger partial charge in [0.15, 0.2) is 5.41 Å². The summed E-state index contributed by atoms with van der Waals surface area (Å²) < 4.78 is 0. The van der Waals surface area contributed by atoms with Crippen molar-refractivity contribution in [3.8, 4) is 12.1 Å². The molecule has 122 valence electrons. The number of allylic oxidation sites excluding steroid dienone is 1. The van der Waals surface area contributed by atoms with E-state index in [1.807, 2.05) is 36.4 Å². The Bertz CT molecular complexity index is 916. The third-order valence-corrected chi connectivity index (χ3v) is 5.60. The molecule has 4 rings (SSSR count). The number of hydrogen-bond donors (Lipinski definition) is 1. The van der Waals surface area contributed by atoms with Crippen molar-refractivity contribution in [2.45, 2.75) is 31.3 Å². The molecule has 2 atom stereocenters. The average molecular weight is 326 g/mol. The minimum absolute atomic E-state index is 0.0504. The van der Waals surface area contributed by atoms with E-state index in [1.54, 1.807) is 0 Å². The van der Waals surface area contributed by atoms with Gasteiger partial charge >= 0.3 is 0 Å². The van der Waals surface area contributed by atoms with E-state index < -0.39 is 11.5 Å². The second-order valence-electron chi connectivity index (χ2n) is 6.80. The van der Waals surface area contributed by atoms with Crippen LogP contribution < -0.4 is 0 Å². The van der Waals surface area contributed by atoms with Gasteiger partial charge in [0.25, 0.3) is 0 Å². The lowest BCUT2D eigenvalue weighted by molar-refractivity contribution is 0.104. The molecule has 0 aromatic heterocycles. The quantitative estimate of drug-likeness (QED) is 0.862. The van der Waals surface area contributed by atoms with Crippen LogP contribution in [0.15, 0.2) is 60.2 Å². The first kappa shape index (κ1) is 15.6. The normalized spacial score (nSPS) is 23.8. The number of aliphatic hydroxyl groups is 1. The fraction of sp³-hybridized carbons (Fsp3) is 0.273. The molecule has 0 spiro atoms. The van der Waals surface area contributed by atoms with Crippen LogP contribution in [0.5, 0.6) is 0 Å². The predicted molar refractivity (Wildman–Crippen MR) is 95.1 cm³/mol. The molecule has 0 radical (unpaired) electrons. The van der Waals surface area contributed by atoms with Crippen LogP contribution in [-0.2, 0) is 6.42 Å². The second kappa shape index (κ2) is 5.88. The summed E-state index contributed by atoms with van der Waals surface area (Å²) >= 11 is 0. The van der Waals surface area contributed by atoms with Crippen molar-refractivity contribution >= 4 is 5.57 Å². The maximum absolute atomic E-state index is 10.8. The molecule has 0 fully saturated rings. The Morgan fingerprint density at radius 1 is 0.920 bits per heavy atom. The summed E-state index contributed by atoms with van der Waals surface area (Å²) in [7, 11) is 0. The molecule has 0 unspecified atom stereocenters. The highest BCUT2D eigenvalue weighted by Crippen LogP contribution is 2.54. The van der Waals surface area contributed by atoms with Gasteiger partial charge in [-0.2, -0.15) is 10.5 Å². The van der Waals surface area contributed by atoms with Gasteiger partial charge < -0.3 is 5.11 Å². The van der Waals surface area contributed by atoms with Crippen LogP contribution in [0.25, 0.3) is 5.57 Å². The minimum atomic E-state index is -1.49. The van der Waals surface area contributed by atoms with Crippen molar-refractivity contribution in [1.29, 1.82) is 10.5 Å². The van der Waals surface area contributed by atoms with Crippen LogP contribution in [0, 0.1) is 28.1 Å². The number of aryl methyl sites for hydroxylation is 1. The molecule has 1 N–H and O–H groups in total. The monoisotopic (exact) mass is 326 g/mol. The van der Waals surface area contributed by atoms with Crippen LogP contribution in [0.1, 0.15) is 35.4 Å². The van der Waals surface area contributed by atoms with Crippen molar-refractivity contribution in [2.75, 3.05) is 0 Å². The van der Waals surface area contributed by atoms with Crippen LogP contribution in [0.3, 0.4) is 0 Å². The fourth-order valence-electron chi connectivity index (χ4n) is 4.38. The molecule has 0 aliphatic heterocycles. The van der Waals surface area contributed by atoms with E-state index in [2.05, 4.69) is 30.3 Å². The Labute approximate surface area is 147 Å².